The standard InChI is InChI=1S/C12H21ClN4/c1-3-4-5-6-7-8-15-12-10(14)11(13)16-9(2)17-12/h3-8,14H2,1-2H3,(H,15,16,17). The van der Waals surface area contributed by atoms with Crippen molar-refractivity contribution in [2.24, 2.45) is 0 Å². The number of nitrogen functional groups attached to an aromatic ring is 1. The molecule has 0 radical (unpaired) electrons. The highest BCUT2D eigenvalue weighted by Crippen LogP contribution is 2.23. The number of rotatable bonds is 7. The summed E-state index contributed by atoms with van der Waals surface area (Å²) in [5.41, 5.74) is 6.23. The first kappa shape index (κ1) is 14.0. The van der Waals surface area contributed by atoms with Gasteiger partial charge in [0.1, 0.15) is 11.5 Å². The van der Waals surface area contributed by atoms with Crippen LogP contribution >= 0.6 is 11.6 Å². The molecular weight excluding hydrogens is 236 g/mol. The van der Waals surface area contributed by atoms with Crippen molar-refractivity contribution in [1.29, 1.82) is 0 Å². The SMILES string of the molecule is CCCCCCCNc1nc(C)nc(Cl)c1N. The molecule has 0 fully saturated rings. The second kappa shape index (κ2) is 7.33. The summed E-state index contributed by atoms with van der Waals surface area (Å²) in [5, 5.41) is 3.54. The van der Waals surface area contributed by atoms with E-state index in [1.165, 1.54) is 25.7 Å². The Morgan fingerprint density at radius 2 is 1.88 bits per heavy atom. The van der Waals surface area contributed by atoms with Gasteiger partial charge >= 0.3 is 0 Å². The van der Waals surface area contributed by atoms with Crippen LogP contribution in [0.2, 0.25) is 5.15 Å². The van der Waals surface area contributed by atoms with Crippen LogP contribution in [-0.2, 0) is 0 Å². The predicted octanol–water partition coefficient (Wildman–Crippen LogP) is 3.40. The van der Waals surface area contributed by atoms with Crippen molar-refractivity contribution in [2.45, 2.75) is 46.0 Å². The van der Waals surface area contributed by atoms with Crippen molar-refractivity contribution in [3.63, 3.8) is 0 Å². The first-order valence-electron chi connectivity index (χ1n) is 6.18. The molecule has 0 saturated heterocycles. The van der Waals surface area contributed by atoms with Crippen LogP contribution < -0.4 is 11.1 Å². The minimum absolute atomic E-state index is 0.325. The van der Waals surface area contributed by atoms with Crippen molar-refractivity contribution < 1.29 is 0 Å². The summed E-state index contributed by atoms with van der Waals surface area (Å²) in [6.45, 7) is 4.89. The summed E-state index contributed by atoms with van der Waals surface area (Å²) in [6, 6.07) is 0. The Hall–Kier alpha value is -1.03. The highest BCUT2D eigenvalue weighted by atomic mass is 35.5. The van der Waals surface area contributed by atoms with E-state index in [-0.39, 0.29) is 0 Å². The number of nitrogens with one attached hydrogen (secondary N) is 1. The van der Waals surface area contributed by atoms with E-state index in [0.29, 0.717) is 22.5 Å². The summed E-state index contributed by atoms with van der Waals surface area (Å²) in [5.74, 6) is 1.29. The molecule has 0 aliphatic rings. The second-order valence-corrected chi connectivity index (χ2v) is 4.52. The smallest absolute Gasteiger partial charge is 0.157 e. The van der Waals surface area contributed by atoms with E-state index in [2.05, 4.69) is 22.2 Å². The second-order valence-electron chi connectivity index (χ2n) is 4.16. The third-order valence-corrected chi connectivity index (χ3v) is 2.87. The van der Waals surface area contributed by atoms with E-state index in [1.807, 2.05) is 0 Å². The maximum atomic E-state index is 5.88. The Labute approximate surface area is 108 Å². The normalized spacial score (nSPS) is 10.5. The number of nitrogens with zero attached hydrogens (tertiary/aromatic N) is 2. The Morgan fingerprint density at radius 3 is 2.59 bits per heavy atom. The number of hydrogen-bond acceptors (Lipinski definition) is 4. The van der Waals surface area contributed by atoms with Gasteiger partial charge in [-0.1, -0.05) is 44.2 Å². The summed E-state index contributed by atoms with van der Waals surface area (Å²) >= 11 is 5.88. The van der Waals surface area contributed by atoms with E-state index in [4.69, 9.17) is 17.3 Å². The molecule has 3 N–H and O–H groups in total. The van der Waals surface area contributed by atoms with Gasteiger partial charge in [0, 0.05) is 6.54 Å². The van der Waals surface area contributed by atoms with Crippen LogP contribution in [0.15, 0.2) is 0 Å². The Balaban J connectivity index is 2.36. The quantitative estimate of drug-likeness (QED) is 0.580. The lowest BCUT2D eigenvalue weighted by atomic mass is 10.1. The van der Waals surface area contributed by atoms with Gasteiger partial charge < -0.3 is 11.1 Å². The van der Waals surface area contributed by atoms with E-state index in [1.54, 1.807) is 6.92 Å². The molecule has 0 amide bonds. The van der Waals surface area contributed by atoms with Crippen LogP contribution in [-0.4, -0.2) is 16.5 Å². The molecule has 17 heavy (non-hydrogen) atoms. The van der Waals surface area contributed by atoms with E-state index in [9.17, 15) is 0 Å². The number of anilines is 2. The fourth-order valence-corrected chi connectivity index (χ4v) is 1.83. The zero-order chi connectivity index (χ0) is 12.7. The Bertz CT molecular complexity index is 355. The molecule has 1 aromatic heterocycles. The lowest BCUT2D eigenvalue weighted by Gasteiger charge is -2.09. The fraction of sp³-hybridized carbons (Fsp3) is 0.667. The topological polar surface area (TPSA) is 63.8 Å². The summed E-state index contributed by atoms with van der Waals surface area (Å²) in [6.07, 6.45) is 6.22. The molecule has 0 aliphatic heterocycles. The van der Waals surface area contributed by atoms with Crippen molar-refractivity contribution in [1.82, 2.24) is 9.97 Å². The number of halogens is 1. The molecule has 0 aliphatic carbocycles. The van der Waals surface area contributed by atoms with Crippen LogP contribution in [0.4, 0.5) is 11.5 Å². The van der Waals surface area contributed by atoms with Gasteiger partial charge in [-0.15, -0.1) is 0 Å². The minimum atomic E-state index is 0.325. The Kier molecular flexibility index (Phi) is 6.05. The largest absolute Gasteiger partial charge is 0.393 e. The molecular formula is C12H21ClN4. The van der Waals surface area contributed by atoms with Crippen molar-refractivity contribution in [3.8, 4) is 0 Å². The molecule has 1 aromatic rings. The zero-order valence-corrected chi connectivity index (χ0v) is 11.3. The lowest BCUT2D eigenvalue weighted by molar-refractivity contribution is 0.644. The average molecular weight is 257 g/mol. The van der Waals surface area contributed by atoms with Crippen LogP contribution in [0.1, 0.15) is 44.9 Å². The van der Waals surface area contributed by atoms with Crippen LogP contribution in [0.3, 0.4) is 0 Å². The van der Waals surface area contributed by atoms with Crippen LogP contribution in [0.5, 0.6) is 0 Å². The third kappa shape index (κ3) is 4.77. The van der Waals surface area contributed by atoms with Crippen molar-refractivity contribution >= 4 is 23.1 Å². The maximum absolute atomic E-state index is 5.88. The van der Waals surface area contributed by atoms with E-state index in [0.717, 1.165) is 13.0 Å². The van der Waals surface area contributed by atoms with Gasteiger partial charge in [-0.25, -0.2) is 9.97 Å². The van der Waals surface area contributed by atoms with Crippen LogP contribution in [0, 0.1) is 6.92 Å². The van der Waals surface area contributed by atoms with E-state index >= 15 is 0 Å². The first-order chi connectivity index (χ1) is 8.15. The fourth-order valence-electron chi connectivity index (χ4n) is 1.62. The highest BCUT2D eigenvalue weighted by molar-refractivity contribution is 6.32. The third-order valence-electron chi connectivity index (χ3n) is 2.58. The van der Waals surface area contributed by atoms with Gasteiger partial charge in [0.05, 0.1) is 0 Å². The number of nitrogens with two attached hydrogens (primary N) is 1. The highest BCUT2D eigenvalue weighted by Gasteiger charge is 2.07. The molecule has 0 spiro atoms. The molecule has 0 bridgehead atoms. The van der Waals surface area contributed by atoms with Gasteiger partial charge in [-0.2, -0.15) is 0 Å². The summed E-state index contributed by atoms with van der Waals surface area (Å²) < 4.78 is 0. The lowest BCUT2D eigenvalue weighted by Crippen LogP contribution is -2.08. The van der Waals surface area contributed by atoms with Gasteiger partial charge in [-0.05, 0) is 13.3 Å². The number of aromatic nitrogens is 2. The summed E-state index contributed by atoms with van der Waals surface area (Å²) in [7, 11) is 0. The molecule has 0 atom stereocenters. The van der Waals surface area contributed by atoms with Crippen molar-refractivity contribution in [3.05, 3.63) is 11.0 Å². The summed E-state index contributed by atoms with van der Waals surface area (Å²) in [4.78, 5) is 8.23. The molecule has 1 rings (SSSR count). The molecule has 5 heteroatoms. The van der Waals surface area contributed by atoms with Crippen LogP contribution in [0.25, 0.3) is 0 Å². The minimum Gasteiger partial charge on any atom is -0.393 e. The number of unbranched alkanes of at least 4 members (excludes halogenated alkanes) is 4. The number of aryl methyl sites for hydroxylation is 1. The van der Waals surface area contributed by atoms with Gasteiger partial charge in [0.25, 0.3) is 0 Å². The maximum Gasteiger partial charge on any atom is 0.157 e. The first-order valence-corrected chi connectivity index (χ1v) is 6.56. The molecule has 96 valence electrons. The average Bonchev–Trinajstić information content (AvgIpc) is 2.29. The molecule has 4 nitrogen and oxygen atoms in total. The molecule has 0 aromatic carbocycles. The monoisotopic (exact) mass is 256 g/mol. The molecule has 1 heterocycles. The zero-order valence-electron chi connectivity index (χ0n) is 10.6. The number of hydrogen-bond donors (Lipinski definition) is 2. The van der Waals surface area contributed by atoms with Gasteiger partial charge in [0.15, 0.2) is 11.0 Å². The molecule has 0 unspecified atom stereocenters. The molecule has 0 saturated carbocycles. The predicted molar refractivity (Wildman–Crippen MR) is 73.4 cm³/mol. The van der Waals surface area contributed by atoms with Crippen molar-refractivity contribution in [2.75, 3.05) is 17.6 Å². The van der Waals surface area contributed by atoms with Gasteiger partial charge in [0.2, 0.25) is 0 Å². The van der Waals surface area contributed by atoms with E-state index < -0.39 is 0 Å². The van der Waals surface area contributed by atoms with Gasteiger partial charge in [-0.3, -0.25) is 0 Å². The Morgan fingerprint density at radius 1 is 1.18 bits per heavy atom.